The molecule has 1 atom stereocenters. The predicted octanol–water partition coefficient (Wildman–Crippen LogP) is -0.0353. The molecule has 1 aliphatic rings. The van der Waals surface area contributed by atoms with E-state index in [2.05, 4.69) is 0 Å². The standard InChI is InChI=1S/C13H16N2O7S2/c1-23(19)10-2-3-12(11(8-10)15(17)18)24(20,21)9-13(16)14-4-6-22-7-5-14/h2-3,8H,4-7,9H2,1H3. The first-order chi connectivity index (χ1) is 11.2. The molecule has 24 heavy (non-hydrogen) atoms. The molecule has 0 aromatic heterocycles. The number of nitrogens with zero attached hydrogens (tertiary/aromatic N) is 2. The summed E-state index contributed by atoms with van der Waals surface area (Å²) in [5, 5.41) is 11.2. The second-order valence-corrected chi connectivity index (χ2v) is 8.43. The number of sulfone groups is 1. The van der Waals surface area contributed by atoms with Crippen molar-refractivity contribution >= 4 is 32.2 Å². The molecule has 132 valence electrons. The van der Waals surface area contributed by atoms with E-state index in [-0.39, 0.29) is 18.0 Å². The summed E-state index contributed by atoms with van der Waals surface area (Å²) >= 11 is 0. The van der Waals surface area contributed by atoms with Crippen molar-refractivity contribution in [2.75, 3.05) is 38.3 Å². The summed E-state index contributed by atoms with van der Waals surface area (Å²) in [5.74, 6) is -1.49. The van der Waals surface area contributed by atoms with Gasteiger partial charge in [0.2, 0.25) is 5.91 Å². The second kappa shape index (κ2) is 7.36. The molecule has 0 bridgehead atoms. The van der Waals surface area contributed by atoms with Gasteiger partial charge in [-0.15, -0.1) is 0 Å². The number of benzene rings is 1. The molecular formula is C13H16N2O7S2. The van der Waals surface area contributed by atoms with Crippen molar-refractivity contribution in [3.63, 3.8) is 0 Å². The van der Waals surface area contributed by atoms with Crippen LogP contribution in [0.15, 0.2) is 28.0 Å². The molecule has 1 heterocycles. The highest BCUT2D eigenvalue weighted by atomic mass is 32.2. The van der Waals surface area contributed by atoms with Crippen LogP contribution in [0.25, 0.3) is 0 Å². The van der Waals surface area contributed by atoms with Crippen LogP contribution in [0.1, 0.15) is 0 Å². The van der Waals surface area contributed by atoms with E-state index < -0.39 is 47.8 Å². The quantitative estimate of drug-likeness (QED) is 0.522. The zero-order chi connectivity index (χ0) is 17.9. The summed E-state index contributed by atoms with van der Waals surface area (Å²) < 4.78 is 41.4. The van der Waals surface area contributed by atoms with Gasteiger partial charge in [0.25, 0.3) is 5.69 Å². The summed E-state index contributed by atoms with van der Waals surface area (Å²) in [5.41, 5.74) is -0.683. The Hall–Kier alpha value is -1.85. The fourth-order valence-corrected chi connectivity index (χ4v) is 4.15. The van der Waals surface area contributed by atoms with Crippen molar-refractivity contribution < 1.29 is 27.1 Å². The van der Waals surface area contributed by atoms with Gasteiger partial charge in [0.15, 0.2) is 9.84 Å². The summed E-state index contributed by atoms with van der Waals surface area (Å²) in [4.78, 5) is 23.4. The maximum absolute atomic E-state index is 12.4. The maximum Gasteiger partial charge on any atom is 0.289 e. The number of morpholine rings is 1. The number of nitro benzene ring substituents is 1. The van der Waals surface area contributed by atoms with E-state index in [0.717, 1.165) is 12.1 Å². The highest BCUT2D eigenvalue weighted by Crippen LogP contribution is 2.27. The fraction of sp³-hybridized carbons (Fsp3) is 0.462. The average molecular weight is 376 g/mol. The van der Waals surface area contributed by atoms with Crippen molar-refractivity contribution in [3.05, 3.63) is 28.3 Å². The van der Waals surface area contributed by atoms with Gasteiger partial charge >= 0.3 is 0 Å². The van der Waals surface area contributed by atoms with Crippen molar-refractivity contribution in [3.8, 4) is 0 Å². The fourth-order valence-electron chi connectivity index (χ4n) is 2.23. The molecule has 0 spiro atoms. The molecule has 1 aromatic rings. The number of hydrogen-bond donors (Lipinski definition) is 0. The zero-order valence-corrected chi connectivity index (χ0v) is 14.5. The molecule has 0 N–H and O–H groups in total. The topological polar surface area (TPSA) is 124 Å². The summed E-state index contributed by atoms with van der Waals surface area (Å²) in [6.07, 6.45) is 1.33. The zero-order valence-electron chi connectivity index (χ0n) is 12.8. The Morgan fingerprint density at radius 3 is 2.54 bits per heavy atom. The smallest absolute Gasteiger partial charge is 0.289 e. The highest BCUT2D eigenvalue weighted by molar-refractivity contribution is 7.92. The molecule has 1 amide bonds. The SMILES string of the molecule is CS(=O)c1ccc(S(=O)(=O)CC(=O)N2CCOCC2)c([N+](=O)[O-])c1. The van der Waals surface area contributed by atoms with Gasteiger partial charge in [0.1, 0.15) is 10.6 Å². The van der Waals surface area contributed by atoms with Gasteiger partial charge in [0.05, 0.1) is 28.9 Å². The summed E-state index contributed by atoms with van der Waals surface area (Å²) in [7, 11) is -5.69. The Morgan fingerprint density at radius 1 is 1.38 bits per heavy atom. The van der Waals surface area contributed by atoms with E-state index in [0.29, 0.717) is 13.2 Å². The van der Waals surface area contributed by atoms with Gasteiger partial charge in [-0.05, 0) is 12.1 Å². The molecule has 9 nitrogen and oxygen atoms in total. The highest BCUT2D eigenvalue weighted by Gasteiger charge is 2.31. The third-order valence-corrected chi connectivity index (χ3v) is 6.03. The van der Waals surface area contributed by atoms with E-state index in [9.17, 15) is 27.5 Å². The van der Waals surface area contributed by atoms with Crippen LogP contribution in [-0.4, -0.2) is 66.7 Å². The van der Waals surface area contributed by atoms with E-state index in [1.807, 2.05) is 0 Å². The van der Waals surface area contributed by atoms with Gasteiger partial charge in [0, 0.05) is 30.3 Å². The maximum atomic E-state index is 12.4. The lowest BCUT2D eigenvalue weighted by Gasteiger charge is -2.26. The van der Waals surface area contributed by atoms with Crippen molar-refractivity contribution in [2.45, 2.75) is 9.79 Å². The Bertz CT molecular complexity index is 786. The normalized spacial score (nSPS) is 16.6. The van der Waals surface area contributed by atoms with Crippen LogP contribution in [0.5, 0.6) is 0 Å². The van der Waals surface area contributed by atoms with E-state index in [1.54, 1.807) is 0 Å². The molecule has 1 aromatic carbocycles. The molecule has 1 fully saturated rings. The van der Waals surface area contributed by atoms with Crippen LogP contribution in [-0.2, 0) is 30.2 Å². The Morgan fingerprint density at radius 2 is 2.00 bits per heavy atom. The van der Waals surface area contributed by atoms with Gasteiger partial charge in [-0.25, -0.2) is 8.42 Å². The van der Waals surface area contributed by atoms with Crippen molar-refractivity contribution in [1.29, 1.82) is 0 Å². The lowest BCUT2D eigenvalue weighted by Crippen LogP contribution is -2.43. The average Bonchev–Trinajstić information content (AvgIpc) is 2.54. The Balaban J connectivity index is 2.32. The lowest BCUT2D eigenvalue weighted by atomic mass is 10.3. The van der Waals surface area contributed by atoms with E-state index in [4.69, 9.17) is 4.74 Å². The molecule has 1 saturated heterocycles. The number of carbonyl (C=O) groups is 1. The Kier molecular flexibility index (Phi) is 5.67. The monoisotopic (exact) mass is 376 g/mol. The largest absolute Gasteiger partial charge is 0.378 e. The van der Waals surface area contributed by atoms with E-state index >= 15 is 0 Å². The number of ether oxygens (including phenoxy) is 1. The number of rotatable bonds is 5. The third-order valence-electron chi connectivity index (χ3n) is 3.47. The molecular weight excluding hydrogens is 360 g/mol. The number of carbonyl (C=O) groups excluding carboxylic acids is 1. The molecule has 1 aliphatic heterocycles. The number of amides is 1. The van der Waals surface area contributed by atoms with Gasteiger partial charge in [-0.3, -0.25) is 19.1 Å². The van der Waals surface area contributed by atoms with E-state index in [1.165, 1.54) is 17.2 Å². The predicted molar refractivity (Wildman–Crippen MR) is 84.9 cm³/mol. The van der Waals surface area contributed by atoms with Crippen LogP contribution in [0, 0.1) is 10.1 Å². The van der Waals surface area contributed by atoms with Crippen LogP contribution in [0.2, 0.25) is 0 Å². The lowest BCUT2D eigenvalue weighted by molar-refractivity contribution is -0.388. The first kappa shape index (κ1) is 18.5. The molecule has 0 radical (unpaired) electrons. The third kappa shape index (κ3) is 4.16. The summed E-state index contributed by atoms with van der Waals surface area (Å²) in [6.45, 7) is 1.21. The van der Waals surface area contributed by atoms with Crippen molar-refractivity contribution in [1.82, 2.24) is 4.90 Å². The molecule has 11 heteroatoms. The van der Waals surface area contributed by atoms with Gasteiger partial charge in [-0.2, -0.15) is 0 Å². The second-order valence-electron chi connectivity index (χ2n) is 5.09. The number of hydrogen-bond acceptors (Lipinski definition) is 7. The minimum Gasteiger partial charge on any atom is -0.378 e. The molecule has 2 rings (SSSR count). The van der Waals surface area contributed by atoms with Crippen LogP contribution in [0.4, 0.5) is 5.69 Å². The first-order valence-corrected chi connectivity index (χ1v) is 10.1. The molecule has 1 unspecified atom stereocenters. The van der Waals surface area contributed by atoms with Crippen LogP contribution >= 0.6 is 0 Å². The minimum absolute atomic E-state index is 0.139. The van der Waals surface area contributed by atoms with Crippen LogP contribution in [0.3, 0.4) is 0 Å². The van der Waals surface area contributed by atoms with Gasteiger partial charge < -0.3 is 9.64 Å². The molecule has 0 saturated carbocycles. The Labute approximate surface area is 141 Å². The minimum atomic E-state index is -4.20. The van der Waals surface area contributed by atoms with Gasteiger partial charge in [-0.1, -0.05) is 0 Å². The first-order valence-electron chi connectivity index (χ1n) is 6.92. The molecule has 0 aliphatic carbocycles. The van der Waals surface area contributed by atoms with Crippen molar-refractivity contribution in [2.24, 2.45) is 0 Å². The number of nitro groups is 1. The summed E-state index contributed by atoms with van der Waals surface area (Å²) in [6, 6.07) is 3.23. The van der Waals surface area contributed by atoms with Crippen LogP contribution < -0.4 is 0 Å².